The van der Waals surface area contributed by atoms with Crippen molar-refractivity contribution in [1.82, 2.24) is 4.90 Å². The van der Waals surface area contributed by atoms with E-state index in [1.54, 1.807) is 12.1 Å². The highest BCUT2D eigenvalue weighted by Gasteiger charge is 2.42. The molecule has 0 saturated heterocycles. The summed E-state index contributed by atoms with van der Waals surface area (Å²) in [7, 11) is 0. The Labute approximate surface area is 151 Å². The molecule has 2 amide bonds. The summed E-state index contributed by atoms with van der Waals surface area (Å²) >= 11 is 1.10. The van der Waals surface area contributed by atoms with E-state index in [4.69, 9.17) is 0 Å². The maximum Gasteiger partial charge on any atom is 0.327 e. The minimum atomic E-state index is -1.34. The number of benzene rings is 2. The lowest BCUT2D eigenvalue weighted by Gasteiger charge is -2.22. The van der Waals surface area contributed by atoms with Gasteiger partial charge < -0.3 is 5.11 Å². The van der Waals surface area contributed by atoms with Crippen LogP contribution in [0.2, 0.25) is 0 Å². The fraction of sp³-hybridized carbons (Fsp3) is 0.118. The molecule has 2 aromatic rings. The van der Waals surface area contributed by atoms with E-state index in [1.165, 1.54) is 36.4 Å². The Hall–Kier alpha value is -3.20. The Morgan fingerprint density at radius 1 is 1.08 bits per heavy atom. The second-order valence-electron chi connectivity index (χ2n) is 5.44. The quantitative estimate of drug-likeness (QED) is 0.358. The molecule has 0 bridgehead atoms. The van der Waals surface area contributed by atoms with Crippen LogP contribution in [0.1, 0.15) is 20.7 Å². The molecule has 0 aliphatic carbocycles. The van der Waals surface area contributed by atoms with Gasteiger partial charge in [-0.05, 0) is 24.3 Å². The summed E-state index contributed by atoms with van der Waals surface area (Å²) in [6, 6.07) is 10.4. The summed E-state index contributed by atoms with van der Waals surface area (Å²) in [6.45, 7) is 0. The maximum absolute atomic E-state index is 12.4. The van der Waals surface area contributed by atoms with Gasteiger partial charge in [0.2, 0.25) is 0 Å². The summed E-state index contributed by atoms with van der Waals surface area (Å²) in [5.74, 6) is -2.64. The van der Waals surface area contributed by atoms with Crippen molar-refractivity contribution in [2.24, 2.45) is 0 Å². The maximum atomic E-state index is 12.4. The molecule has 0 aromatic heterocycles. The van der Waals surface area contributed by atoms with E-state index < -0.39 is 28.7 Å². The van der Waals surface area contributed by atoms with Crippen molar-refractivity contribution in [3.05, 3.63) is 69.8 Å². The molecule has 0 radical (unpaired) electrons. The molecule has 1 N–H and O–H groups in total. The molecule has 1 heterocycles. The van der Waals surface area contributed by atoms with Crippen LogP contribution in [0.5, 0.6) is 0 Å². The number of carbonyl (C=O) groups excluding carboxylic acids is 2. The number of nitro benzene ring substituents is 1. The molecule has 1 aliphatic heterocycles. The van der Waals surface area contributed by atoms with E-state index in [2.05, 4.69) is 0 Å². The standard InChI is InChI=1S/C17H12N2O6S/c20-15-12-3-1-2-4-13(12)16(21)18(15)14(17(22)23)9-26-11-7-5-10(6-8-11)19(24)25/h1-8,14H,9H2,(H,22,23). The van der Waals surface area contributed by atoms with Crippen LogP contribution in [-0.2, 0) is 4.79 Å². The number of thioether (sulfide) groups is 1. The summed E-state index contributed by atoms with van der Waals surface area (Å²) in [4.78, 5) is 48.0. The number of rotatable bonds is 6. The number of amides is 2. The summed E-state index contributed by atoms with van der Waals surface area (Å²) in [6.07, 6.45) is 0. The largest absolute Gasteiger partial charge is 0.480 e. The van der Waals surface area contributed by atoms with Gasteiger partial charge >= 0.3 is 5.97 Å². The number of hydrogen-bond donors (Lipinski definition) is 1. The first-order valence-corrected chi connectivity index (χ1v) is 8.45. The van der Waals surface area contributed by atoms with Crippen molar-refractivity contribution in [2.75, 3.05) is 5.75 Å². The van der Waals surface area contributed by atoms with Crippen LogP contribution in [0.4, 0.5) is 5.69 Å². The number of carbonyl (C=O) groups is 3. The van der Waals surface area contributed by atoms with Crippen molar-refractivity contribution >= 4 is 35.2 Å². The molecule has 1 unspecified atom stereocenters. The van der Waals surface area contributed by atoms with E-state index in [0.717, 1.165) is 16.7 Å². The molecule has 0 fully saturated rings. The van der Waals surface area contributed by atoms with E-state index in [-0.39, 0.29) is 22.6 Å². The Kier molecular flexibility index (Phi) is 4.72. The number of nitro groups is 1. The van der Waals surface area contributed by atoms with Gasteiger partial charge in [0.05, 0.1) is 16.1 Å². The van der Waals surface area contributed by atoms with Gasteiger partial charge in [-0.15, -0.1) is 11.8 Å². The molecule has 26 heavy (non-hydrogen) atoms. The average molecular weight is 372 g/mol. The third-order valence-corrected chi connectivity index (χ3v) is 4.97. The Bertz CT molecular complexity index is 877. The Balaban J connectivity index is 1.78. The number of carboxylic acid groups (broad SMARTS) is 1. The van der Waals surface area contributed by atoms with E-state index in [9.17, 15) is 29.6 Å². The zero-order chi connectivity index (χ0) is 18.8. The third kappa shape index (κ3) is 3.16. The molecule has 1 aliphatic rings. The van der Waals surface area contributed by atoms with Gasteiger partial charge in [0.1, 0.15) is 6.04 Å². The van der Waals surface area contributed by atoms with Crippen LogP contribution < -0.4 is 0 Å². The Morgan fingerprint density at radius 2 is 1.62 bits per heavy atom. The van der Waals surface area contributed by atoms with Gasteiger partial charge in [0, 0.05) is 22.8 Å². The smallest absolute Gasteiger partial charge is 0.327 e. The lowest BCUT2D eigenvalue weighted by Crippen LogP contribution is -2.46. The second-order valence-corrected chi connectivity index (χ2v) is 6.54. The monoisotopic (exact) mass is 372 g/mol. The first kappa shape index (κ1) is 17.6. The molecule has 0 spiro atoms. The van der Waals surface area contributed by atoms with Gasteiger partial charge in [0.15, 0.2) is 0 Å². The summed E-state index contributed by atoms with van der Waals surface area (Å²) < 4.78 is 0. The number of fused-ring (bicyclic) bond motifs is 1. The zero-order valence-electron chi connectivity index (χ0n) is 13.2. The Morgan fingerprint density at radius 3 is 2.08 bits per heavy atom. The minimum absolute atomic E-state index is 0.0708. The molecule has 1 atom stereocenters. The summed E-state index contributed by atoms with van der Waals surface area (Å²) in [5, 5.41) is 20.2. The molecule has 0 saturated carbocycles. The fourth-order valence-electron chi connectivity index (χ4n) is 2.59. The van der Waals surface area contributed by atoms with Crippen LogP contribution in [0, 0.1) is 10.1 Å². The van der Waals surface area contributed by atoms with Crippen LogP contribution in [0.3, 0.4) is 0 Å². The topological polar surface area (TPSA) is 118 Å². The van der Waals surface area contributed by atoms with Crippen LogP contribution in [-0.4, -0.2) is 44.5 Å². The van der Waals surface area contributed by atoms with Gasteiger partial charge in [-0.1, -0.05) is 12.1 Å². The van der Waals surface area contributed by atoms with Crippen molar-refractivity contribution in [2.45, 2.75) is 10.9 Å². The summed E-state index contributed by atoms with van der Waals surface area (Å²) in [5.41, 5.74) is 0.289. The second kappa shape index (κ2) is 6.96. The predicted octanol–water partition coefficient (Wildman–Crippen LogP) is 2.44. The van der Waals surface area contributed by atoms with Crippen molar-refractivity contribution in [1.29, 1.82) is 0 Å². The lowest BCUT2D eigenvalue weighted by molar-refractivity contribution is -0.384. The van der Waals surface area contributed by atoms with E-state index in [0.29, 0.717) is 4.90 Å². The van der Waals surface area contributed by atoms with Crippen LogP contribution >= 0.6 is 11.8 Å². The number of imide groups is 1. The highest BCUT2D eigenvalue weighted by atomic mass is 32.2. The normalized spacial score (nSPS) is 14.2. The number of non-ortho nitro benzene ring substituents is 1. The fourth-order valence-corrected chi connectivity index (χ4v) is 3.56. The lowest BCUT2D eigenvalue weighted by atomic mass is 10.1. The van der Waals surface area contributed by atoms with Crippen LogP contribution in [0.25, 0.3) is 0 Å². The van der Waals surface area contributed by atoms with E-state index in [1.807, 2.05) is 0 Å². The minimum Gasteiger partial charge on any atom is -0.480 e. The van der Waals surface area contributed by atoms with Gasteiger partial charge in [-0.25, -0.2) is 4.79 Å². The van der Waals surface area contributed by atoms with Gasteiger partial charge in [0.25, 0.3) is 17.5 Å². The zero-order valence-corrected chi connectivity index (χ0v) is 14.0. The number of hydrogen-bond acceptors (Lipinski definition) is 6. The number of carboxylic acids is 1. The van der Waals surface area contributed by atoms with Crippen molar-refractivity contribution in [3.8, 4) is 0 Å². The average Bonchev–Trinajstić information content (AvgIpc) is 2.87. The SMILES string of the molecule is O=C(O)C(CSc1ccc([N+](=O)[O-])cc1)N1C(=O)c2ccccc2C1=O. The first-order valence-electron chi connectivity index (χ1n) is 7.47. The number of nitrogens with zero attached hydrogens (tertiary/aromatic N) is 2. The molecular formula is C17H12N2O6S. The van der Waals surface area contributed by atoms with Crippen LogP contribution in [0.15, 0.2) is 53.4 Å². The van der Waals surface area contributed by atoms with Gasteiger partial charge in [-0.2, -0.15) is 0 Å². The highest BCUT2D eigenvalue weighted by Crippen LogP contribution is 2.28. The molecule has 8 nitrogen and oxygen atoms in total. The molecule has 3 rings (SSSR count). The highest BCUT2D eigenvalue weighted by molar-refractivity contribution is 7.99. The van der Waals surface area contributed by atoms with E-state index >= 15 is 0 Å². The van der Waals surface area contributed by atoms with Gasteiger partial charge in [-0.3, -0.25) is 24.6 Å². The molecular weight excluding hydrogens is 360 g/mol. The van der Waals surface area contributed by atoms with Crippen molar-refractivity contribution in [3.63, 3.8) is 0 Å². The third-order valence-electron chi connectivity index (χ3n) is 3.88. The molecule has 9 heteroatoms. The molecule has 2 aromatic carbocycles. The van der Waals surface area contributed by atoms with Crippen molar-refractivity contribution < 1.29 is 24.4 Å². The molecule has 132 valence electrons. The predicted molar refractivity (Wildman–Crippen MR) is 92.2 cm³/mol. The number of aliphatic carboxylic acids is 1. The first-order chi connectivity index (χ1) is 12.4.